The summed E-state index contributed by atoms with van der Waals surface area (Å²) in [7, 11) is 0. The molecule has 1 aliphatic carbocycles. The maximum atomic E-state index is 6.05. The van der Waals surface area contributed by atoms with Gasteiger partial charge in [0, 0.05) is 18.0 Å². The number of anilines is 1. The van der Waals surface area contributed by atoms with Crippen molar-refractivity contribution >= 4 is 5.82 Å². The fourth-order valence-corrected chi connectivity index (χ4v) is 2.79. The third kappa shape index (κ3) is 2.32. The molecule has 3 rings (SSSR count). The van der Waals surface area contributed by atoms with E-state index in [-0.39, 0.29) is 0 Å². The molecule has 0 radical (unpaired) electrons. The molecule has 2 heterocycles. The highest BCUT2D eigenvalue weighted by Crippen LogP contribution is 2.36. The lowest BCUT2D eigenvalue weighted by Gasteiger charge is -2.24. The molecule has 1 saturated heterocycles. The van der Waals surface area contributed by atoms with Crippen LogP contribution in [0.1, 0.15) is 50.1 Å². The summed E-state index contributed by atoms with van der Waals surface area (Å²) in [6.07, 6.45) is 7.81. The normalized spacial score (nSPS) is 25.8. The molecule has 1 saturated carbocycles. The van der Waals surface area contributed by atoms with Gasteiger partial charge in [0.15, 0.2) is 0 Å². The zero-order valence-corrected chi connectivity index (χ0v) is 10.4. The van der Waals surface area contributed by atoms with E-state index in [0.717, 1.165) is 18.9 Å². The Balaban J connectivity index is 1.66. The van der Waals surface area contributed by atoms with Crippen molar-refractivity contribution in [1.82, 2.24) is 15.1 Å². The zero-order chi connectivity index (χ0) is 11.7. The predicted molar refractivity (Wildman–Crippen MR) is 68.9 cm³/mol. The number of hydrogen-bond donors (Lipinski definition) is 2. The van der Waals surface area contributed by atoms with Gasteiger partial charge in [-0.05, 0) is 32.2 Å². The minimum atomic E-state index is 0.556. The summed E-state index contributed by atoms with van der Waals surface area (Å²) in [5, 5.41) is 8.22. The zero-order valence-electron chi connectivity index (χ0n) is 10.4. The Bertz CT molecular complexity index is 375. The first-order valence-electron chi connectivity index (χ1n) is 6.89. The quantitative estimate of drug-likeness (QED) is 0.839. The summed E-state index contributed by atoms with van der Waals surface area (Å²) in [6.45, 7) is 2.07. The van der Waals surface area contributed by atoms with Gasteiger partial charge in [0.2, 0.25) is 0 Å². The van der Waals surface area contributed by atoms with E-state index in [1.54, 1.807) is 0 Å². The topological polar surface area (TPSA) is 55.9 Å². The number of nitrogen functional groups attached to an aromatic ring is 1. The van der Waals surface area contributed by atoms with Crippen LogP contribution in [0, 0.1) is 0 Å². The maximum absolute atomic E-state index is 6.05. The molecule has 17 heavy (non-hydrogen) atoms. The molecule has 0 bridgehead atoms. The van der Waals surface area contributed by atoms with Crippen LogP contribution in [0.5, 0.6) is 0 Å². The van der Waals surface area contributed by atoms with Crippen molar-refractivity contribution in [3.05, 3.63) is 11.8 Å². The van der Waals surface area contributed by atoms with Gasteiger partial charge < -0.3 is 11.1 Å². The molecule has 1 atom stereocenters. The van der Waals surface area contributed by atoms with Crippen LogP contribution in [0.25, 0.3) is 0 Å². The Hall–Kier alpha value is -1.03. The van der Waals surface area contributed by atoms with Crippen molar-refractivity contribution in [2.75, 3.05) is 12.3 Å². The molecule has 4 nitrogen and oxygen atoms in total. The molecule has 94 valence electrons. The fourth-order valence-electron chi connectivity index (χ4n) is 2.79. The first kappa shape index (κ1) is 11.1. The van der Waals surface area contributed by atoms with Crippen LogP contribution in [0.4, 0.5) is 5.82 Å². The van der Waals surface area contributed by atoms with Crippen molar-refractivity contribution in [3.63, 3.8) is 0 Å². The van der Waals surface area contributed by atoms with Gasteiger partial charge in [-0.15, -0.1) is 0 Å². The monoisotopic (exact) mass is 234 g/mol. The molecule has 2 aliphatic rings. The van der Waals surface area contributed by atoms with Gasteiger partial charge in [-0.2, -0.15) is 5.10 Å². The van der Waals surface area contributed by atoms with E-state index in [0.29, 0.717) is 12.0 Å². The van der Waals surface area contributed by atoms with Gasteiger partial charge in [0.05, 0.1) is 12.2 Å². The summed E-state index contributed by atoms with van der Waals surface area (Å²) in [5.41, 5.74) is 7.26. The molecule has 4 heteroatoms. The second kappa shape index (κ2) is 4.69. The first-order chi connectivity index (χ1) is 8.33. The van der Waals surface area contributed by atoms with E-state index in [1.165, 1.54) is 44.2 Å². The van der Waals surface area contributed by atoms with Gasteiger partial charge in [-0.1, -0.05) is 12.8 Å². The summed E-state index contributed by atoms with van der Waals surface area (Å²) < 4.78 is 2.00. The molecule has 0 unspecified atom stereocenters. The number of hydrogen-bond acceptors (Lipinski definition) is 3. The number of aromatic nitrogens is 2. The van der Waals surface area contributed by atoms with E-state index in [2.05, 4.69) is 16.5 Å². The lowest BCUT2D eigenvalue weighted by atomic mass is 9.83. The smallest absolute Gasteiger partial charge is 0.121 e. The number of rotatable bonds is 3. The summed E-state index contributed by atoms with van der Waals surface area (Å²) in [6, 6.07) is 2.63. The van der Waals surface area contributed by atoms with E-state index in [1.807, 2.05) is 4.68 Å². The SMILES string of the molecule is Nc1cc(C2CCC2)nn1C[C@H]1CCCCN1. The standard InChI is InChI=1S/C13H22N4/c14-13-8-12(10-4-3-5-10)16-17(13)9-11-6-1-2-7-15-11/h8,10-11,15H,1-7,9,14H2/t11-/m1/s1. The summed E-state index contributed by atoms with van der Waals surface area (Å²) in [4.78, 5) is 0. The van der Waals surface area contributed by atoms with Crippen molar-refractivity contribution in [2.24, 2.45) is 0 Å². The fraction of sp³-hybridized carbons (Fsp3) is 0.769. The molecule has 3 N–H and O–H groups in total. The molecule has 0 aromatic carbocycles. The van der Waals surface area contributed by atoms with E-state index in [9.17, 15) is 0 Å². The van der Waals surface area contributed by atoms with Crippen LogP contribution in [-0.4, -0.2) is 22.4 Å². The largest absolute Gasteiger partial charge is 0.384 e. The second-order valence-corrected chi connectivity index (χ2v) is 5.45. The average Bonchev–Trinajstić information content (AvgIpc) is 2.59. The van der Waals surface area contributed by atoms with Gasteiger partial charge in [0.25, 0.3) is 0 Å². The Kier molecular flexibility index (Phi) is 3.05. The Morgan fingerprint density at radius 1 is 1.29 bits per heavy atom. The molecule has 2 fully saturated rings. The molecular weight excluding hydrogens is 212 g/mol. The highest BCUT2D eigenvalue weighted by atomic mass is 15.3. The van der Waals surface area contributed by atoms with Crippen LogP contribution in [0.15, 0.2) is 6.07 Å². The minimum Gasteiger partial charge on any atom is -0.384 e. The second-order valence-electron chi connectivity index (χ2n) is 5.45. The van der Waals surface area contributed by atoms with Gasteiger partial charge in [0.1, 0.15) is 5.82 Å². The molecule has 0 amide bonds. The lowest BCUT2D eigenvalue weighted by molar-refractivity contribution is 0.348. The van der Waals surface area contributed by atoms with E-state index >= 15 is 0 Å². The first-order valence-corrected chi connectivity index (χ1v) is 6.89. The number of nitrogens with zero attached hydrogens (tertiary/aromatic N) is 2. The Labute approximate surface area is 103 Å². The molecule has 1 aliphatic heterocycles. The number of nitrogens with two attached hydrogens (primary N) is 1. The van der Waals surface area contributed by atoms with Crippen LogP contribution < -0.4 is 11.1 Å². The minimum absolute atomic E-state index is 0.556. The molecular formula is C13H22N4. The van der Waals surface area contributed by atoms with Crippen LogP contribution in [-0.2, 0) is 6.54 Å². The average molecular weight is 234 g/mol. The number of nitrogens with one attached hydrogen (secondary N) is 1. The predicted octanol–water partition coefficient (Wildman–Crippen LogP) is 1.87. The molecule has 1 aromatic rings. The third-order valence-corrected chi connectivity index (χ3v) is 4.16. The molecule has 1 aromatic heterocycles. The van der Waals surface area contributed by atoms with E-state index < -0.39 is 0 Å². The van der Waals surface area contributed by atoms with Crippen LogP contribution in [0.3, 0.4) is 0 Å². The van der Waals surface area contributed by atoms with Crippen LogP contribution in [0.2, 0.25) is 0 Å². The van der Waals surface area contributed by atoms with E-state index in [4.69, 9.17) is 5.73 Å². The lowest BCUT2D eigenvalue weighted by Crippen LogP contribution is -2.37. The molecule has 0 spiro atoms. The third-order valence-electron chi connectivity index (χ3n) is 4.16. The summed E-state index contributed by atoms with van der Waals surface area (Å²) in [5.74, 6) is 1.51. The number of piperidine rings is 1. The Morgan fingerprint density at radius 3 is 2.82 bits per heavy atom. The van der Waals surface area contributed by atoms with Crippen molar-refractivity contribution in [1.29, 1.82) is 0 Å². The van der Waals surface area contributed by atoms with Crippen molar-refractivity contribution in [3.8, 4) is 0 Å². The van der Waals surface area contributed by atoms with Crippen molar-refractivity contribution < 1.29 is 0 Å². The van der Waals surface area contributed by atoms with Gasteiger partial charge in [-0.25, -0.2) is 4.68 Å². The van der Waals surface area contributed by atoms with Crippen molar-refractivity contribution in [2.45, 2.75) is 57.0 Å². The Morgan fingerprint density at radius 2 is 2.18 bits per heavy atom. The van der Waals surface area contributed by atoms with Crippen LogP contribution >= 0.6 is 0 Å². The highest BCUT2D eigenvalue weighted by molar-refractivity contribution is 5.33. The van der Waals surface area contributed by atoms with Gasteiger partial charge >= 0.3 is 0 Å². The maximum Gasteiger partial charge on any atom is 0.121 e. The highest BCUT2D eigenvalue weighted by Gasteiger charge is 2.23. The van der Waals surface area contributed by atoms with Gasteiger partial charge in [-0.3, -0.25) is 0 Å². The summed E-state index contributed by atoms with van der Waals surface area (Å²) >= 11 is 0.